The molecular weight excluding hydrogens is 466 g/mol. The molecule has 1 fully saturated rings. The highest BCUT2D eigenvalue weighted by Crippen LogP contribution is 2.41. The molecule has 8 heteroatoms. The molecule has 2 aromatic rings. The largest absolute Gasteiger partial charge is 0.507 e. The lowest BCUT2D eigenvalue weighted by atomic mass is 9.95. The summed E-state index contributed by atoms with van der Waals surface area (Å²) in [4.78, 5) is 27.2. The average molecular weight is 490 g/mol. The number of hydrogen-bond donors (Lipinski definition) is 2. The standard InChI is InChI=1S/C23H24BrNO6/c1-3-31-18-13-15(7-10-17(18)26)20-19(21(27)14-5-8-16(24)9-6-14)22(28)23(29)25(20)11-4-12-30-2/h5-10,13,20,26-27H,3-4,11-12H2,1-2H3/b21-19-. The number of ether oxygens (including phenoxy) is 2. The summed E-state index contributed by atoms with van der Waals surface area (Å²) in [7, 11) is 1.56. The normalized spacial score (nSPS) is 17.9. The van der Waals surface area contributed by atoms with Crippen molar-refractivity contribution in [2.45, 2.75) is 19.4 Å². The number of halogens is 1. The summed E-state index contributed by atoms with van der Waals surface area (Å²) in [5.74, 6) is -1.50. The van der Waals surface area contributed by atoms with Gasteiger partial charge in [-0.05, 0) is 43.2 Å². The van der Waals surface area contributed by atoms with E-state index in [9.17, 15) is 19.8 Å². The van der Waals surface area contributed by atoms with Crippen molar-refractivity contribution < 1.29 is 29.3 Å². The zero-order valence-electron chi connectivity index (χ0n) is 17.3. The highest BCUT2D eigenvalue weighted by atomic mass is 79.9. The quantitative estimate of drug-likeness (QED) is 0.251. The molecule has 0 saturated carbocycles. The third-order valence-electron chi connectivity index (χ3n) is 5.00. The number of aliphatic hydroxyl groups excluding tert-OH is 1. The number of likely N-dealkylation sites (tertiary alicyclic amines) is 1. The van der Waals surface area contributed by atoms with Gasteiger partial charge >= 0.3 is 0 Å². The molecule has 1 heterocycles. The fourth-order valence-electron chi connectivity index (χ4n) is 3.57. The molecule has 7 nitrogen and oxygen atoms in total. The van der Waals surface area contributed by atoms with Gasteiger partial charge in [0.05, 0.1) is 18.2 Å². The Labute approximate surface area is 189 Å². The van der Waals surface area contributed by atoms with Crippen molar-refractivity contribution in [3.05, 3.63) is 63.6 Å². The molecule has 1 unspecified atom stereocenters. The number of benzene rings is 2. The number of phenols is 1. The van der Waals surface area contributed by atoms with E-state index < -0.39 is 17.7 Å². The van der Waals surface area contributed by atoms with Crippen LogP contribution in [0.4, 0.5) is 0 Å². The number of rotatable bonds is 8. The minimum absolute atomic E-state index is 0.00197. The highest BCUT2D eigenvalue weighted by molar-refractivity contribution is 9.10. The lowest BCUT2D eigenvalue weighted by molar-refractivity contribution is -0.140. The number of Topliss-reactive ketones (excluding diaryl/α,β-unsaturated/α-hetero) is 1. The van der Waals surface area contributed by atoms with Gasteiger partial charge in [-0.25, -0.2) is 0 Å². The predicted octanol–water partition coefficient (Wildman–Crippen LogP) is 4.01. The number of amides is 1. The van der Waals surface area contributed by atoms with Crippen LogP contribution in [-0.2, 0) is 14.3 Å². The van der Waals surface area contributed by atoms with E-state index in [0.29, 0.717) is 30.8 Å². The molecule has 2 aromatic carbocycles. The molecule has 1 saturated heterocycles. The Morgan fingerprint density at radius 2 is 1.87 bits per heavy atom. The van der Waals surface area contributed by atoms with Gasteiger partial charge in [0.25, 0.3) is 11.7 Å². The Balaban J connectivity index is 2.14. The van der Waals surface area contributed by atoms with Gasteiger partial charge in [0, 0.05) is 30.3 Å². The van der Waals surface area contributed by atoms with Crippen molar-refractivity contribution in [2.75, 3.05) is 26.9 Å². The number of carbonyl (C=O) groups is 2. The molecular formula is C23H24BrNO6. The van der Waals surface area contributed by atoms with E-state index in [1.807, 2.05) is 0 Å². The number of aliphatic hydroxyl groups is 1. The van der Waals surface area contributed by atoms with Crippen molar-refractivity contribution in [3.63, 3.8) is 0 Å². The number of phenolic OH excluding ortho intramolecular Hbond substituents is 1. The van der Waals surface area contributed by atoms with E-state index in [4.69, 9.17) is 9.47 Å². The molecule has 1 amide bonds. The van der Waals surface area contributed by atoms with Crippen molar-refractivity contribution in [1.82, 2.24) is 4.90 Å². The van der Waals surface area contributed by atoms with Gasteiger partial charge in [0.15, 0.2) is 11.5 Å². The molecule has 1 aliphatic heterocycles. The number of carbonyl (C=O) groups excluding carboxylic acids is 2. The number of ketones is 1. The summed E-state index contributed by atoms with van der Waals surface area (Å²) >= 11 is 3.35. The summed E-state index contributed by atoms with van der Waals surface area (Å²) in [6, 6.07) is 10.7. The van der Waals surface area contributed by atoms with Crippen molar-refractivity contribution in [3.8, 4) is 11.5 Å². The predicted molar refractivity (Wildman–Crippen MR) is 119 cm³/mol. The Morgan fingerprint density at radius 1 is 1.16 bits per heavy atom. The van der Waals surface area contributed by atoms with Crippen LogP contribution in [0, 0.1) is 0 Å². The molecule has 0 bridgehead atoms. The average Bonchev–Trinajstić information content (AvgIpc) is 3.01. The first-order valence-electron chi connectivity index (χ1n) is 9.88. The van der Waals surface area contributed by atoms with Crippen molar-refractivity contribution >= 4 is 33.4 Å². The van der Waals surface area contributed by atoms with E-state index in [1.54, 1.807) is 50.4 Å². The second kappa shape index (κ2) is 9.98. The molecule has 2 N–H and O–H groups in total. The van der Waals surface area contributed by atoms with Crippen LogP contribution in [0.3, 0.4) is 0 Å². The van der Waals surface area contributed by atoms with E-state index in [1.165, 1.54) is 11.0 Å². The second-order valence-corrected chi connectivity index (χ2v) is 7.92. The van der Waals surface area contributed by atoms with Gasteiger partial charge in [-0.1, -0.05) is 34.1 Å². The third-order valence-corrected chi connectivity index (χ3v) is 5.53. The van der Waals surface area contributed by atoms with Crippen LogP contribution < -0.4 is 4.74 Å². The number of nitrogens with zero attached hydrogens (tertiary/aromatic N) is 1. The lowest BCUT2D eigenvalue weighted by Crippen LogP contribution is -2.31. The van der Waals surface area contributed by atoms with Gasteiger partial charge in [-0.2, -0.15) is 0 Å². The molecule has 3 rings (SSSR count). The zero-order chi connectivity index (χ0) is 22.5. The topological polar surface area (TPSA) is 96.3 Å². The van der Waals surface area contributed by atoms with Gasteiger partial charge in [0.1, 0.15) is 5.76 Å². The van der Waals surface area contributed by atoms with Crippen molar-refractivity contribution in [2.24, 2.45) is 0 Å². The fraction of sp³-hybridized carbons (Fsp3) is 0.304. The summed E-state index contributed by atoms with van der Waals surface area (Å²) in [6.07, 6.45) is 0.523. The molecule has 0 radical (unpaired) electrons. The first kappa shape index (κ1) is 22.8. The summed E-state index contributed by atoms with van der Waals surface area (Å²) in [5.41, 5.74) is 0.973. The highest BCUT2D eigenvalue weighted by Gasteiger charge is 2.46. The summed E-state index contributed by atoms with van der Waals surface area (Å²) in [5, 5.41) is 21.1. The number of hydrogen-bond acceptors (Lipinski definition) is 6. The maximum Gasteiger partial charge on any atom is 0.295 e. The monoisotopic (exact) mass is 489 g/mol. The Bertz CT molecular complexity index is 1000. The minimum atomic E-state index is -0.819. The minimum Gasteiger partial charge on any atom is -0.507 e. The Kier molecular flexibility index (Phi) is 7.35. The van der Waals surface area contributed by atoms with Crippen LogP contribution in [0.2, 0.25) is 0 Å². The van der Waals surface area contributed by atoms with Gasteiger partial charge in [0.2, 0.25) is 0 Å². The molecule has 0 aromatic heterocycles. The van der Waals surface area contributed by atoms with E-state index in [-0.39, 0.29) is 29.4 Å². The molecule has 1 aliphatic rings. The second-order valence-electron chi connectivity index (χ2n) is 7.01. The van der Waals surface area contributed by atoms with Crippen LogP contribution in [-0.4, -0.2) is 53.7 Å². The summed E-state index contributed by atoms with van der Waals surface area (Å²) in [6.45, 7) is 2.81. The van der Waals surface area contributed by atoms with Crippen LogP contribution in [0.5, 0.6) is 11.5 Å². The Morgan fingerprint density at radius 3 is 2.52 bits per heavy atom. The Hall–Kier alpha value is -2.84. The first-order valence-corrected chi connectivity index (χ1v) is 10.7. The molecule has 0 spiro atoms. The zero-order valence-corrected chi connectivity index (χ0v) is 18.9. The first-order chi connectivity index (χ1) is 14.9. The van der Waals surface area contributed by atoms with Gasteiger partial charge < -0.3 is 24.6 Å². The van der Waals surface area contributed by atoms with Gasteiger partial charge in [-0.3, -0.25) is 9.59 Å². The summed E-state index contributed by atoms with van der Waals surface area (Å²) < 4.78 is 11.4. The lowest BCUT2D eigenvalue weighted by Gasteiger charge is -2.25. The maximum atomic E-state index is 13.0. The maximum absolute atomic E-state index is 13.0. The molecule has 0 aliphatic carbocycles. The number of methoxy groups -OCH3 is 1. The molecule has 164 valence electrons. The van der Waals surface area contributed by atoms with E-state index in [2.05, 4.69) is 15.9 Å². The van der Waals surface area contributed by atoms with Crippen LogP contribution in [0.1, 0.15) is 30.5 Å². The molecule has 1 atom stereocenters. The van der Waals surface area contributed by atoms with E-state index in [0.717, 1.165) is 4.47 Å². The smallest absolute Gasteiger partial charge is 0.295 e. The molecule has 31 heavy (non-hydrogen) atoms. The third kappa shape index (κ3) is 4.75. The van der Waals surface area contributed by atoms with Crippen LogP contribution in [0.25, 0.3) is 5.76 Å². The van der Waals surface area contributed by atoms with Crippen molar-refractivity contribution in [1.29, 1.82) is 0 Å². The van der Waals surface area contributed by atoms with Crippen LogP contribution >= 0.6 is 15.9 Å². The number of aromatic hydroxyl groups is 1. The van der Waals surface area contributed by atoms with Gasteiger partial charge in [-0.15, -0.1) is 0 Å². The van der Waals surface area contributed by atoms with E-state index >= 15 is 0 Å². The SMILES string of the molecule is CCOc1cc(C2/C(=C(/O)c3ccc(Br)cc3)C(=O)C(=O)N2CCCOC)ccc1O. The van der Waals surface area contributed by atoms with Crippen LogP contribution in [0.15, 0.2) is 52.5 Å². The fourth-order valence-corrected chi connectivity index (χ4v) is 3.84.